The fourth-order valence-corrected chi connectivity index (χ4v) is 7.17. The number of hydrogen-bond donors (Lipinski definition) is 0. The van der Waals surface area contributed by atoms with Crippen LogP contribution in [-0.2, 0) is 12.8 Å². The zero-order valence-electron chi connectivity index (χ0n) is 22.2. The number of ether oxygens (including phenoxy) is 4. The van der Waals surface area contributed by atoms with Crippen LogP contribution in [0.25, 0.3) is 43.0 Å². The maximum atomic E-state index is 6.19. The lowest BCUT2D eigenvalue weighted by molar-refractivity contribution is 0.172. The highest BCUT2D eigenvalue weighted by Crippen LogP contribution is 2.58. The van der Waals surface area contributed by atoms with Crippen molar-refractivity contribution in [3.8, 4) is 66.0 Å². The number of aryl methyl sites for hydroxylation is 2. The van der Waals surface area contributed by atoms with E-state index in [-0.39, 0.29) is 0 Å². The van der Waals surface area contributed by atoms with Crippen LogP contribution in [0.4, 0.5) is 0 Å². The van der Waals surface area contributed by atoms with Gasteiger partial charge in [0.2, 0.25) is 0 Å². The van der Waals surface area contributed by atoms with E-state index in [1.54, 1.807) is 22.7 Å². The van der Waals surface area contributed by atoms with Crippen molar-refractivity contribution in [2.45, 2.75) is 26.7 Å². The van der Waals surface area contributed by atoms with Gasteiger partial charge >= 0.3 is 0 Å². The molecule has 0 amide bonds. The van der Waals surface area contributed by atoms with Crippen molar-refractivity contribution >= 4 is 22.7 Å². The van der Waals surface area contributed by atoms with Gasteiger partial charge in [-0.1, -0.05) is 13.8 Å². The Morgan fingerprint density at radius 2 is 1.27 bits per heavy atom. The molecule has 9 heteroatoms. The second-order valence-corrected chi connectivity index (χ2v) is 11.4. The molecule has 0 fully saturated rings. The van der Waals surface area contributed by atoms with Crippen LogP contribution < -0.4 is 18.9 Å². The topological polar surface area (TPSA) is 75.6 Å². The molecule has 5 aromatic heterocycles. The molecule has 202 valence electrons. The summed E-state index contributed by atoms with van der Waals surface area (Å²) in [7, 11) is 0. The summed E-state index contributed by atoms with van der Waals surface area (Å²) >= 11 is 3.24. The molecule has 7 rings (SSSR count). The van der Waals surface area contributed by atoms with E-state index in [9.17, 15) is 0 Å². The van der Waals surface area contributed by atoms with Crippen molar-refractivity contribution < 1.29 is 18.9 Å². The highest BCUT2D eigenvalue weighted by atomic mass is 32.1. The fourth-order valence-electron chi connectivity index (χ4n) is 4.91. The third kappa shape index (κ3) is 4.49. The molecule has 0 atom stereocenters. The lowest BCUT2D eigenvalue weighted by Crippen LogP contribution is -2.15. The van der Waals surface area contributed by atoms with Gasteiger partial charge in [0.1, 0.15) is 26.4 Å². The van der Waals surface area contributed by atoms with Gasteiger partial charge in [-0.2, -0.15) is 0 Å². The second-order valence-electron chi connectivity index (χ2n) is 9.50. The van der Waals surface area contributed by atoms with Gasteiger partial charge < -0.3 is 18.9 Å². The summed E-state index contributed by atoms with van der Waals surface area (Å²) in [6, 6.07) is 12.5. The van der Waals surface area contributed by atoms with Crippen LogP contribution in [0.1, 0.15) is 25.0 Å². The summed E-state index contributed by atoms with van der Waals surface area (Å²) < 4.78 is 24.1. The Kier molecular flexibility index (Phi) is 6.61. The Morgan fingerprint density at radius 3 is 2.02 bits per heavy atom. The molecule has 2 aliphatic rings. The molecule has 0 N–H and O–H groups in total. The highest BCUT2D eigenvalue weighted by Gasteiger charge is 2.31. The first-order valence-corrected chi connectivity index (χ1v) is 15.1. The smallest absolute Gasteiger partial charge is 0.181 e. The maximum absolute atomic E-state index is 6.19. The van der Waals surface area contributed by atoms with E-state index in [0.717, 1.165) is 78.8 Å². The molecule has 0 saturated heterocycles. The second kappa shape index (κ2) is 10.6. The number of thiophene rings is 2. The Balaban J connectivity index is 1.32. The molecule has 0 saturated carbocycles. The lowest BCUT2D eigenvalue weighted by atomic mass is 10.1. The Hall–Kier alpha value is -3.95. The third-order valence-corrected chi connectivity index (χ3v) is 9.28. The molecule has 0 aliphatic carbocycles. The van der Waals surface area contributed by atoms with E-state index >= 15 is 0 Å². The predicted octanol–water partition coefficient (Wildman–Crippen LogP) is 7.33. The van der Waals surface area contributed by atoms with Crippen LogP contribution in [0.5, 0.6) is 23.0 Å². The van der Waals surface area contributed by atoms with Gasteiger partial charge in [0.25, 0.3) is 0 Å². The average Bonchev–Trinajstić information content (AvgIpc) is 3.62. The minimum Gasteiger partial charge on any atom is -0.485 e. The molecule has 7 nitrogen and oxygen atoms in total. The first-order valence-electron chi connectivity index (χ1n) is 13.4. The largest absolute Gasteiger partial charge is 0.485 e. The lowest BCUT2D eigenvalue weighted by Gasteiger charge is -2.18. The van der Waals surface area contributed by atoms with Crippen LogP contribution in [-0.4, -0.2) is 41.4 Å². The number of hydrogen-bond acceptors (Lipinski definition) is 9. The van der Waals surface area contributed by atoms with Gasteiger partial charge in [0.05, 0.1) is 37.4 Å². The third-order valence-electron chi connectivity index (χ3n) is 6.98. The van der Waals surface area contributed by atoms with E-state index < -0.39 is 0 Å². The normalized spacial score (nSPS) is 13.8. The SMILES string of the molecule is CCc1ccnc(-c2cc(CC)cc(-c3cc(-c4sc(-c5scc6c5OCCO6)c5c4OCCO5)ccn3)n2)c1. The quantitative estimate of drug-likeness (QED) is 0.212. The van der Waals surface area contributed by atoms with Gasteiger partial charge in [0.15, 0.2) is 23.0 Å². The number of aromatic nitrogens is 3. The van der Waals surface area contributed by atoms with Crippen LogP contribution >= 0.6 is 22.7 Å². The van der Waals surface area contributed by atoms with Crippen LogP contribution in [0.15, 0.2) is 54.2 Å². The number of rotatable bonds is 6. The standard InChI is InChI=1S/C31H27N3O4S2/c1-3-18-5-7-32-21(13-18)23-14-19(4-2)15-24(34-23)22-16-20(6-8-33-22)29-27-28(38-12-11-37-27)31(40-29)30-26-25(17-39-30)35-9-10-36-26/h5-8,13-17H,3-4,9-12H2,1-2H3. The molecule has 0 aromatic carbocycles. The molecule has 2 aliphatic heterocycles. The zero-order chi connectivity index (χ0) is 27.1. The average molecular weight is 570 g/mol. The van der Waals surface area contributed by atoms with Crippen molar-refractivity contribution in [1.82, 2.24) is 15.0 Å². The van der Waals surface area contributed by atoms with Gasteiger partial charge in [-0.25, -0.2) is 4.98 Å². The first-order chi connectivity index (χ1) is 19.7. The van der Waals surface area contributed by atoms with Crippen molar-refractivity contribution in [3.05, 3.63) is 65.3 Å². The Bertz CT molecular complexity index is 1710. The minimum atomic E-state index is 0.504. The molecule has 0 bridgehead atoms. The van der Waals surface area contributed by atoms with Crippen molar-refractivity contribution in [2.75, 3.05) is 26.4 Å². The van der Waals surface area contributed by atoms with Crippen molar-refractivity contribution in [3.63, 3.8) is 0 Å². The summed E-state index contributed by atoms with van der Waals surface area (Å²) in [4.78, 5) is 17.3. The van der Waals surface area contributed by atoms with Crippen LogP contribution in [0.2, 0.25) is 0 Å². The fraction of sp³-hybridized carbons (Fsp3) is 0.258. The monoisotopic (exact) mass is 569 g/mol. The molecular formula is C31H27N3O4S2. The molecule has 0 radical (unpaired) electrons. The van der Waals surface area contributed by atoms with Gasteiger partial charge in [0, 0.05) is 17.8 Å². The van der Waals surface area contributed by atoms with Crippen LogP contribution in [0.3, 0.4) is 0 Å². The molecule has 7 heterocycles. The molecule has 40 heavy (non-hydrogen) atoms. The number of nitrogens with zero attached hydrogens (tertiary/aromatic N) is 3. The molecule has 0 unspecified atom stereocenters. The summed E-state index contributed by atoms with van der Waals surface area (Å²) in [5.41, 5.74) is 6.77. The van der Waals surface area contributed by atoms with E-state index in [1.807, 2.05) is 29.9 Å². The van der Waals surface area contributed by atoms with Gasteiger partial charge in [-0.05, 0) is 65.9 Å². The van der Waals surface area contributed by atoms with E-state index in [4.69, 9.17) is 28.9 Å². The van der Waals surface area contributed by atoms with Crippen LogP contribution in [0, 0.1) is 0 Å². The summed E-state index contributed by atoms with van der Waals surface area (Å²) in [5, 5.41) is 2.00. The minimum absolute atomic E-state index is 0.504. The van der Waals surface area contributed by atoms with Crippen molar-refractivity contribution in [1.29, 1.82) is 0 Å². The van der Waals surface area contributed by atoms with E-state index in [2.05, 4.69) is 43.1 Å². The molecule has 5 aromatic rings. The number of fused-ring (bicyclic) bond motifs is 2. The summed E-state index contributed by atoms with van der Waals surface area (Å²) in [6.07, 6.45) is 5.53. The Morgan fingerprint density at radius 1 is 0.650 bits per heavy atom. The summed E-state index contributed by atoms with van der Waals surface area (Å²) in [6.45, 7) is 6.40. The molecule has 0 spiro atoms. The first kappa shape index (κ1) is 25.0. The number of pyridine rings is 3. The Labute approximate surface area is 240 Å². The maximum Gasteiger partial charge on any atom is 0.181 e. The van der Waals surface area contributed by atoms with Gasteiger partial charge in [-0.3, -0.25) is 9.97 Å². The van der Waals surface area contributed by atoms with E-state index in [0.29, 0.717) is 26.4 Å². The molecular weight excluding hydrogens is 542 g/mol. The zero-order valence-corrected chi connectivity index (χ0v) is 23.9. The summed E-state index contributed by atoms with van der Waals surface area (Å²) in [5.74, 6) is 3.09. The van der Waals surface area contributed by atoms with Crippen molar-refractivity contribution in [2.24, 2.45) is 0 Å². The highest BCUT2D eigenvalue weighted by molar-refractivity contribution is 7.24. The predicted molar refractivity (Wildman–Crippen MR) is 158 cm³/mol. The van der Waals surface area contributed by atoms with Gasteiger partial charge in [-0.15, -0.1) is 22.7 Å². The van der Waals surface area contributed by atoms with E-state index in [1.165, 1.54) is 11.1 Å².